The van der Waals surface area contributed by atoms with Crippen LogP contribution in [0, 0.1) is 0 Å². The molecule has 0 N–H and O–H groups in total. The minimum absolute atomic E-state index is 0.00429. The summed E-state index contributed by atoms with van der Waals surface area (Å²) in [5, 5.41) is 2.06. The molecule has 0 bridgehead atoms. The molecule has 2 atom stereocenters. The Morgan fingerprint density at radius 3 is 2.59 bits per heavy atom. The van der Waals surface area contributed by atoms with Crippen LogP contribution in [0.15, 0.2) is 60.0 Å². The lowest BCUT2D eigenvalue weighted by atomic mass is 10.00. The van der Waals surface area contributed by atoms with E-state index in [-0.39, 0.29) is 30.4 Å². The zero-order chi connectivity index (χ0) is 26.4. The van der Waals surface area contributed by atoms with Crippen molar-refractivity contribution < 1.29 is 23.8 Å². The van der Waals surface area contributed by atoms with E-state index < -0.39 is 0 Å². The minimum Gasteiger partial charge on any atom is -0.497 e. The van der Waals surface area contributed by atoms with Crippen LogP contribution in [0.4, 0.5) is 0 Å². The Morgan fingerprint density at radius 2 is 1.86 bits per heavy atom. The van der Waals surface area contributed by atoms with Crippen molar-refractivity contribution in [1.29, 1.82) is 0 Å². The number of amides is 2. The molecule has 0 saturated carbocycles. The van der Waals surface area contributed by atoms with Gasteiger partial charge in [0.25, 0.3) is 5.91 Å². The Kier molecular flexibility index (Phi) is 8.71. The van der Waals surface area contributed by atoms with E-state index in [1.165, 1.54) is 4.88 Å². The first kappa shape index (κ1) is 26.5. The van der Waals surface area contributed by atoms with Crippen molar-refractivity contribution in [3.63, 3.8) is 0 Å². The standard InChI is InChI=1S/C29H34N2O5S/c1-5-20(2)31(29(33)21-9-8-10-22(17-21)34-3)18-28(32)30-15-13-27-23(14-16-37-27)24(30)19-36-26-12-7-6-11-25(26)35-4/h6-12,14,16-17,20,24H,5,13,15,18-19H2,1-4H3/t20-,24+/m1/s1. The minimum atomic E-state index is -0.252. The fraction of sp³-hybridized carbons (Fsp3) is 0.379. The summed E-state index contributed by atoms with van der Waals surface area (Å²) in [7, 11) is 3.18. The highest BCUT2D eigenvalue weighted by Crippen LogP contribution is 2.35. The fourth-order valence-electron chi connectivity index (χ4n) is 4.59. The van der Waals surface area contributed by atoms with Crippen molar-refractivity contribution in [3.8, 4) is 17.2 Å². The van der Waals surface area contributed by atoms with E-state index in [1.807, 2.05) is 43.0 Å². The second-order valence-electron chi connectivity index (χ2n) is 9.04. The first-order valence-corrected chi connectivity index (χ1v) is 13.4. The lowest BCUT2D eigenvalue weighted by Crippen LogP contribution is -2.49. The topological polar surface area (TPSA) is 68.3 Å². The van der Waals surface area contributed by atoms with Crippen LogP contribution < -0.4 is 14.2 Å². The van der Waals surface area contributed by atoms with E-state index in [1.54, 1.807) is 54.7 Å². The number of para-hydroxylation sites is 2. The number of nitrogens with zero attached hydrogens (tertiary/aromatic N) is 2. The highest BCUT2D eigenvalue weighted by molar-refractivity contribution is 7.10. The molecule has 0 unspecified atom stereocenters. The van der Waals surface area contributed by atoms with Crippen LogP contribution in [0.3, 0.4) is 0 Å². The molecule has 1 aliphatic rings. The van der Waals surface area contributed by atoms with Crippen LogP contribution in [0.5, 0.6) is 17.2 Å². The monoisotopic (exact) mass is 522 g/mol. The Bertz CT molecular complexity index is 1230. The highest BCUT2D eigenvalue weighted by Gasteiger charge is 2.34. The summed E-state index contributed by atoms with van der Waals surface area (Å²) in [6.07, 6.45) is 1.52. The Morgan fingerprint density at radius 1 is 1.08 bits per heavy atom. The molecule has 4 rings (SSSR count). The van der Waals surface area contributed by atoms with Crippen molar-refractivity contribution in [3.05, 3.63) is 76.0 Å². The van der Waals surface area contributed by atoms with Gasteiger partial charge in [-0.1, -0.05) is 25.1 Å². The van der Waals surface area contributed by atoms with Gasteiger partial charge >= 0.3 is 0 Å². The van der Waals surface area contributed by atoms with E-state index in [0.29, 0.717) is 36.0 Å². The molecule has 37 heavy (non-hydrogen) atoms. The molecule has 0 saturated heterocycles. The van der Waals surface area contributed by atoms with Crippen LogP contribution in [0.1, 0.15) is 47.1 Å². The van der Waals surface area contributed by atoms with Crippen molar-refractivity contribution >= 4 is 23.2 Å². The molecule has 1 aliphatic heterocycles. The fourth-order valence-corrected chi connectivity index (χ4v) is 5.52. The van der Waals surface area contributed by atoms with Gasteiger partial charge in [-0.3, -0.25) is 9.59 Å². The molecule has 0 spiro atoms. The van der Waals surface area contributed by atoms with Gasteiger partial charge in [0.15, 0.2) is 11.5 Å². The molecule has 8 heteroatoms. The van der Waals surface area contributed by atoms with Crippen molar-refractivity contribution in [2.45, 2.75) is 38.8 Å². The smallest absolute Gasteiger partial charge is 0.254 e. The number of rotatable bonds is 10. The number of ether oxygens (including phenoxy) is 3. The maximum atomic E-state index is 13.8. The largest absolute Gasteiger partial charge is 0.497 e. The third-order valence-electron chi connectivity index (χ3n) is 6.89. The Balaban J connectivity index is 1.56. The van der Waals surface area contributed by atoms with Gasteiger partial charge in [-0.05, 0) is 67.1 Å². The number of carbonyl (C=O) groups excluding carboxylic acids is 2. The molecule has 1 aromatic heterocycles. The summed E-state index contributed by atoms with van der Waals surface area (Å²) in [4.78, 5) is 32.1. The molecule has 2 heterocycles. The van der Waals surface area contributed by atoms with Crippen molar-refractivity contribution in [2.75, 3.05) is 33.9 Å². The number of hydrogen-bond acceptors (Lipinski definition) is 6. The summed E-state index contributed by atoms with van der Waals surface area (Å²) in [6.45, 7) is 4.86. The molecular formula is C29H34N2O5S. The molecule has 3 aromatic rings. The lowest BCUT2D eigenvalue weighted by Gasteiger charge is -2.38. The molecule has 0 radical (unpaired) electrons. The summed E-state index contributed by atoms with van der Waals surface area (Å²) in [6, 6.07) is 16.3. The molecular weight excluding hydrogens is 488 g/mol. The molecule has 2 aromatic carbocycles. The van der Waals surface area contributed by atoms with Crippen LogP contribution in [0.25, 0.3) is 0 Å². The summed E-state index contributed by atoms with van der Waals surface area (Å²) >= 11 is 1.71. The Hall–Kier alpha value is -3.52. The molecule has 196 valence electrons. The number of hydrogen-bond donors (Lipinski definition) is 0. The van der Waals surface area contributed by atoms with Crippen LogP contribution in [0.2, 0.25) is 0 Å². The van der Waals surface area contributed by atoms with Crippen molar-refractivity contribution in [1.82, 2.24) is 9.80 Å². The van der Waals surface area contributed by atoms with E-state index in [2.05, 4.69) is 11.4 Å². The van der Waals surface area contributed by atoms with Gasteiger partial charge in [0.1, 0.15) is 18.9 Å². The van der Waals surface area contributed by atoms with Crippen LogP contribution in [-0.2, 0) is 11.2 Å². The SMILES string of the molecule is CC[C@@H](C)N(CC(=O)N1CCc2sccc2[C@@H]1COc1ccccc1OC)C(=O)c1cccc(OC)c1. The summed E-state index contributed by atoms with van der Waals surface area (Å²) in [5.41, 5.74) is 1.61. The second kappa shape index (κ2) is 12.1. The number of carbonyl (C=O) groups is 2. The predicted octanol–water partition coefficient (Wildman–Crippen LogP) is 5.21. The predicted molar refractivity (Wildman–Crippen MR) is 145 cm³/mol. The average Bonchev–Trinajstić information content (AvgIpc) is 3.43. The van der Waals surface area contributed by atoms with Crippen LogP contribution >= 0.6 is 11.3 Å². The lowest BCUT2D eigenvalue weighted by molar-refractivity contribution is -0.136. The summed E-state index contributed by atoms with van der Waals surface area (Å²) < 4.78 is 16.9. The van der Waals surface area contributed by atoms with E-state index in [4.69, 9.17) is 14.2 Å². The van der Waals surface area contributed by atoms with Gasteiger partial charge in [0.05, 0.1) is 20.3 Å². The highest BCUT2D eigenvalue weighted by atomic mass is 32.1. The molecule has 2 amide bonds. The van der Waals surface area contributed by atoms with E-state index in [0.717, 1.165) is 18.4 Å². The maximum absolute atomic E-state index is 13.8. The van der Waals surface area contributed by atoms with Crippen LogP contribution in [-0.4, -0.2) is 61.6 Å². The van der Waals surface area contributed by atoms with Gasteiger partial charge in [-0.15, -0.1) is 11.3 Å². The van der Waals surface area contributed by atoms with Gasteiger partial charge in [0, 0.05) is 23.0 Å². The van der Waals surface area contributed by atoms with E-state index in [9.17, 15) is 9.59 Å². The normalized spacial score (nSPS) is 15.5. The number of benzene rings is 2. The third kappa shape index (κ3) is 5.91. The zero-order valence-electron chi connectivity index (χ0n) is 21.8. The Labute approximate surface area is 222 Å². The molecule has 0 aliphatic carbocycles. The number of fused-ring (bicyclic) bond motifs is 1. The zero-order valence-corrected chi connectivity index (χ0v) is 22.6. The first-order valence-electron chi connectivity index (χ1n) is 12.5. The second-order valence-corrected chi connectivity index (χ2v) is 10.0. The first-order chi connectivity index (χ1) is 18.0. The van der Waals surface area contributed by atoms with Gasteiger partial charge in [-0.2, -0.15) is 0 Å². The van der Waals surface area contributed by atoms with Gasteiger partial charge < -0.3 is 24.0 Å². The maximum Gasteiger partial charge on any atom is 0.254 e. The third-order valence-corrected chi connectivity index (χ3v) is 7.88. The quantitative estimate of drug-likeness (QED) is 0.366. The molecule has 7 nitrogen and oxygen atoms in total. The van der Waals surface area contributed by atoms with Gasteiger partial charge in [-0.25, -0.2) is 0 Å². The summed E-state index contributed by atoms with van der Waals surface area (Å²) in [5.74, 6) is 1.61. The molecule has 0 fully saturated rings. The number of methoxy groups -OCH3 is 2. The van der Waals surface area contributed by atoms with E-state index >= 15 is 0 Å². The van der Waals surface area contributed by atoms with Crippen molar-refractivity contribution in [2.24, 2.45) is 0 Å². The average molecular weight is 523 g/mol. The number of thiophene rings is 1. The van der Waals surface area contributed by atoms with Gasteiger partial charge in [0.2, 0.25) is 5.91 Å².